The fraction of sp³-hybridized carbons (Fsp3) is 0.0714. The van der Waals surface area contributed by atoms with Crippen molar-refractivity contribution in [2.45, 2.75) is 0 Å². The largest absolute Gasteiger partial charge is 0.455 e. The summed E-state index contributed by atoms with van der Waals surface area (Å²) in [7, 11) is 0. The normalized spacial score (nSPS) is 16.6. The van der Waals surface area contributed by atoms with Crippen LogP contribution in [0.25, 0.3) is 11.3 Å². The van der Waals surface area contributed by atoms with E-state index in [1.807, 2.05) is 6.07 Å². The minimum atomic E-state index is -0.0705. The van der Waals surface area contributed by atoms with Gasteiger partial charge in [0.1, 0.15) is 11.5 Å². The van der Waals surface area contributed by atoms with E-state index in [0.29, 0.717) is 32.5 Å². The molecule has 1 saturated heterocycles. The maximum Gasteiger partial charge on any atom is 0.236 e. The Bertz CT molecular complexity index is 786. The van der Waals surface area contributed by atoms with E-state index in [9.17, 15) is 4.79 Å². The highest BCUT2D eigenvalue weighted by molar-refractivity contribution is 8.15. The van der Waals surface area contributed by atoms with Gasteiger partial charge in [0.15, 0.2) is 5.17 Å². The number of thioether (sulfide) groups is 1. The van der Waals surface area contributed by atoms with Crippen molar-refractivity contribution in [3.63, 3.8) is 0 Å². The Morgan fingerprint density at radius 1 is 1.23 bits per heavy atom. The van der Waals surface area contributed by atoms with Crippen LogP contribution in [0.3, 0.4) is 0 Å². The van der Waals surface area contributed by atoms with Crippen molar-refractivity contribution in [2.75, 3.05) is 5.75 Å². The first-order valence-electron chi connectivity index (χ1n) is 6.21. The van der Waals surface area contributed by atoms with Crippen molar-refractivity contribution in [1.82, 2.24) is 5.32 Å². The number of nitrogens with zero attached hydrogens (tertiary/aromatic N) is 2. The molecule has 0 radical (unpaired) electrons. The second kappa shape index (κ2) is 6.56. The van der Waals surface area contributed by atoms with Crippen LogP contribution < -0.4 is 5.32 Å². The van der Waals surface area contributed by atoms with E-state index in [4.69, 9.17) is 27.6 Å². The zero-order valence-electron chi connectivity index (χ0n) is 11.0. The molecule has 0 aliphatic carbocycles. The number of carbonyl (C=O) groups excluding carboxylic acids is 1. The van der Waals surface area contributed by atoms with Gasteiger partial charge in [0.25, 0.3) is 0 Å². The lowest BCUT2D eigenvalue weighted by Gasteiger charge is -1.99. The summed E-state index contributed by atoms with van der Waals surface area (Å²) in [6, 6.07) is 8.83. The quantitative estimate of drug-likeness (QED) is 0.673. The predicted molar refractivity (Wildman–Crippen MR) is 89.8 cm³/mol. The first kappa shape index (κ1) is 15.1. The minimum absolute atomic E-state index is 0.0705. The van der Waals surface area contributed by atoms with Gasteiger partial charge in [-0.1, -0.05) is 35.0 Å². The first-order valence-corrected chi connectivity index (χ1v) is 7.95. The maximum atomic E-state index is 11.0. The fourth-order valence-electron chi connectivity index (χ4n) is 1.74. The Morgan fingerprint density at radius 3 is 2.82 bits per heavy atom. The Hall–Kier alpha value is -1.76. The molecule has 2 aromatic rings. The molecule has 1 aromatic carbocycles. The fourth-order valence-corrected chi connectivity index (χ4v) is 2.67. The van der Waals surface area contributed by atoms with Crippen LogP contribution in [0.1, 0.15) is 5.76 Å². The topological polar surface area (TPSA) is 67.0 Å². The van der Waals surface area contributed by atoms with Gasteiger partial charge in [-0.2, -0.15) is 5.10 Å². The van der Waals surface area contributed by atoms with Gasteiger partial charge in [-0.05, 0) is 30.3 Å². The van der Waals surface area contributed by atoms with Gasteiger partial charge in [0.2, 0.25) is 5.91 Å². The number of hydrogen-bond acceptors (Lipinski definition) is 5. The maximum absolute atomic E-state index is 11.0. The first-order chi connectivity index (χ1) is 10.6. The Balaban J connectivity index is 1.73. The smallest absolute Gasteiger partial charge is 0.236 e. The van der Waals surface area contributed by atoms with E-state index in [0.717, 1.165) is 5.56 Å². The van der Waals surface area contributed by atoms with Crippen LogP contribution in [0, 0.1) is 0 Å². The van der Waals surface area contributed by atoms with Gasteiger partial charge >= 0.3 is 0 Å². The number of amides is 1. The molecule has 5 nitrogen and oxygen atoms in total. The third-order valence-corrected chi connectivity index (χ3v) is 4.35. The molecule has 1 aliphatic heterocycles. The van der Waals surface area contributed by atoms with Gasteiger partial charge < -0.3 is 9.73 Å². The van der Waals surface area contributed by atoms with Crippen LogP contribution >= 0.6 is 35.0 Å². The van der Waals surface area contributed by atoms with Gasteiger partial charge in [-0.25, -0.2) is 0 Å². The molecule has 8 heteroatoms. The zero-order valence-corrected chi connectivity index (χ0v) is 13.4. The summed E-state index contributed by atoms with van der Waals surface area (Å²) in [5.41, 5.74) is 0.818. The Morgan fingerprint density at radius 2 is 2.09 bits per heavy atom. The molecule has 1 amide bonds. The number of carbonyl (C=O) groups is 1. The molecule has 0 atom stereocenters. The van der Waals surface area contributed by atoms with E-state index in [1.165, 1.54) is 18.0 Å². The second-order valence-corrected chi connectivity index (χ2v) is 6.10. The molecule has 0 unspecified atom stereocenters. The highest BCUT2D eigenvalue weighted by atomic mass is 35.5. The Kier molecular flexibility index (Phi) is 4.52. The van der Waals surface area contributed by atoms with Crippen molar-refractivity contribution >= 4 is 52.3 Å². The zero-order chi connectivity index (χ0) is 15.5. The molecule has 1 aliphatic rings. The molecule has 3 rings (SSSR count). The Labute approximate surface area is 140 Å². The van der Waals surface area contributed by atoms with Gasteiger partial charge in [0.05, 0.1) is 22.0 Å². The third kappa shape index (κ3) is 3.52. The van der Waals surface area contributed by atoms with E-state index in [1.54, 1.807) is 24.3 Å². The number of rotatable bonds is 3. The van der Waals surface area contributed by atoms with Crippen LogP contribution in [0.5, 0.6) is 0 Å². The number of amidine groups is 1. The molecule has 2 heterocycles. The molecular formula is C14H9Cl2N3O2S. The van der Waals surface area contributed by atoms with Crippen molar-refractivity contribution in [2.24, 2.45) is 10.2 Å². The predicted octanol–water partition coefficient (Wildman–Crippen LogP) is 3.81. The lowest BCUT2D eigenvalue weighted by atomic mass is 10.2. The van der Waals surface area contributed by atoms with Gasteiger partial charge in [-0.3, -0.25) is 4.79 Å². The minimum Gasteiger partial charge on any atom is -0.455 e. The SMILES string of the molecule is O=C1CSC(=N/N=C/c2ccc(-c3ccc(Cl)c(Cl)c3)o2)N1. The van der Waals surface area contributed by atoms with Crippen molar-refractivity contribution in [3.8, 4) is 11.3 Å². The van der Waals surface area contributed by atoms with Crippen LogP contribution in [0.2, 0.25) is 10.0 Å². The average molecular weight is 354 g/mol. The molecular weight excluding hydrogens is 345 g/mol. The van der Waals surface area contributed by atoms with E-state index in [-0.39, 0.29) is 5.91 Å². The summed E-state index contributed by atoms with van der Waals surface area (Å²) < 4.78 is 5.64. The molecule has 0 saturated carbocycles. The van der Waals surface area contributed by atoms with Crippen LogP contribution in [-0.2, 0) is 4.79 Å². The van der Waals surface area contributed by atoms with Crippen LogP contribution in [-0.4, -0.2) is 23.0 Å². The highest BCUT2D eigenvalue weighted by Gasteiger charge is 2.16. The number of halogens is 2. The van der Waals surface area contributed by atoms with Gasteiger partial charge in [-0.15, -0.1) is 5.10 Å². The number of nitrogens with one attached hydrogen (secondary N) is 1. The molecule has 0 spiro atoms. The van der Waals surface area contributed by atoms with E-state index in [2.05, 4.69) is 15.5 Å². The van der Waals surface area contributed by atoms with Gasteiger partial charge in [0, 0.05) is 5.56 Å². The summed E-state index contributed by atoms with van der Waals surface area (Å²) in [6.07, 6.45) is 1.47. The molecule has 1 aromatic heterocycles. The summed E-state index contributed by atoms with van der Waals surface area (Å²) in [5.74, 6) is 1.49. The summed E-state index contributed by atoms with van der Waals surface area (Å²) in [5, 5.41) is 11.8. The standard InChI is InChI=1S/C14H9Cl2N3O2S/c15-10-3-1-8(5-11(10)16)12-4-2-9(21-12)6-17-19-14-18-13(20)7-22-14/h1-6H,7H2,(H,18,19,20)/b17-6+. The molecule has 1 fully saturated rings. The van der Waals surface area contributed by atoms with Crippen molar-refractivity contribution in [3.05, 3.63) is 46.1 Å². The van der Waals surface area contributed by atoms with E-state index < -0.39 is 0 Å². The van der Waals surface area contributed by atoms with E-state index >= 15 is 0 Å². The second-order valence-electron chi connectivity index (χ2n) is 4.32. The van der Waals surface area contributed by atoms with Crippen LogP contribution in [0.4, 0.5) is 0 Å². The number of hydrogen-bond donors (Lipinski definition) is 1. The summed E-state index contributed by atoms with van der Waals surface area (Å²) in [4.78, 5) is 11.0. The third-order valence-electron chi connectivity index (χ3n) is 2.75. The van der Waals surface area contributed by atoms with Crippen LogP contribution in [0.15, 0.2) is 45.0 Å². The average Bonchev–Trinajstić information content (AvgIpc) is 3.11. The van der Waals surface area contributed by atoms with Crippen molar-refractivity contribution in [1.29, 1.82) is 0 Å². The molecule has 22 heavy (non-hydrogen) atoms. The lowest BCUT2D eigenvalue weighted by Crippen LogP contribution is -2.19. The number of furan rings is 1. The summed E-state index contributed by atoms with van der Waals surface area (Å²) in [6.45, 7) is 0. The molecule has 1 N–H and O–H groups in total. The monoisotopic (exact) mass is 353 g/mol. The molecule has 112 valence electrons. The summed E-state index contributed by atoms with van der Waals surface area (Å²) >= 11 is 13.2. The van der Waals surface area contributed by atoms with Crippen molar-refractivity contribution < 1.29 is 9.21 Å². The lowest BCUT2D eigenvalue weighted by molar-refractivity contribution is -0.116. The number of benzene rings is 1. The highest BCUT2D eigenvalue weighted by Crippen LogP contribution is 2.29. The molecule has 0 bridgehead atoms.